The molecular formula is C15H23FN2. The van der Waals surface area contributed by atoms with E-state index in [9.17, 15) is 4.39 Å². The molecule has 2 nitrogen and oxygen atoms in total. The Morgan fingerprint density at radius 3 is 2.44 bits per heavy atom. The summed E-state index contributed by atoms with van der Waals surface area (Å²) in [6.07, 6.45) is 5.13. The molecule has 1 aliphatic heterocycles. The summed E-state index contributed by atoms with van der Waals surface area (Å²) in [5, 5.41) is 3.33. The van der Waals surface area contributed by atoms with Crippen molar-refractivity contribution in [3.63, 3.8) is 0 Å². The lowest BCUT2D eigenvalue weighted by atomic mass is 10.0. The SMILES string of the molecule is CNC(CCN1CCCCC1)c1ccc(F)cc1. The molecule has 0 spiro atoms. The third kappa shape index (κ3) is 3.79. The number of hydrogen-bond donors (Lipinski definition) is 1. The molecule has 1 aromatic rings. The average Bonchev–Trinajstić information content (AvgIpc) is 2.42. The zero-order valence-corrected chi connectivity index (χ0v) is 11.2. The number of likely N-dealkylation sites (tertiary alicyclic amines) is 1. The molecule has 1 saturated heterocycles. The molecule has 2 rings (SSSR count). The van der Waals surface area contributed by atoms with Crippen molar-refractivity contribution in [3.05, 3.63) is 35.6 Å². The Kier molecular flexibility index (Phi) is 5.14. The van der Waals surface area contributed by atoms with Crippen molar-refractivity contribution >= 4 is 0 Å². The third-order valence-corrected chi connectivity index (χ3v) is 3.80. The summed E-state index contributed by atoms with van der Waals surface area (Å²) in [7, 11) is 1.98. The number of benzene rings is 1. The first-order chi connectivity index (χ1) is 8.79. The molecule has 0 radical (unpaired) electrons. The summed E-state index contributed by atoms with van der Waals surface area (Å²) in [5.41, 5.74) is 1.18. The smallest absolute Gasteiger partial charge is 0.123 e. The molecular weight excluding hydrogens is 227 g/mol. The van der Waals surface area contributed by atoms with Crippen LogP contribution in [0, 0.1) is 5.82 Å². The first-order valence-electron chi connectivity index (χ1n) is 6.94. The van der Waals surface area contributed by atoms with Gasteiger partial charge in [-0.2, -0.15) is 0 Å². The Labute approximate surface area is 109 Å². The van der Waals surface area contributed by atoms with Gasteiger partial charge in [0.2, 0.25) is 0 Å². The molecule has 1 N–H and O–H groups in total. The lowest BCUT2D eigenvalue weighted by molar-refractivity contribution is 0.218. The highest BCUT2D eigenvalue weighted by Gasteiger charge is 2.14. The topological polar surface area (TPSA) is 15.3 Å². The lowest BCUT2D eigenvalue weighted by Gasteiger charge is -2.28. The Morgan fingerprint density at radius 1 is 1.17 bits per heavy atom. The van der Waals surface area contributed by atoms with Crippen LogP contribution >= 0.6 is 0 Å². The molecule has 1 atom stereocenters. The van der Waals surface area contributed by atoms with Crippen LogP contribution in [-0.2, 0) is 0 Å². The fourth-order valence-electron chi connectivity index (χ4n) is 2.67. The predicted molar refractivity (Wildman–Crippen MR) is 73.1 cm³/mol. The summed E-state index contributed by atoms with van der Waals surface area (Å²) in [6.45, 7) is 3.60. The van der Waals surface area contributed by atoms with Gasteiger partial charge in [0.05, 0.1) is 0 Å². The molecule has 0 amide bonds. The molecule has 0 aromatic heterocycles. The van der Waals surface area contributed by atoms with E-state index in [1.807, 2.05) is 19.2 Å². The van der Waals surface area contributed by atoms with Gasteiger partial charge in [0.1, 0.15) is 5.82 Å². The largest absolute Gasteiger partial charge is 0.313 e. The molecule has 18 heavy (non-hydrogen) atoms. The minimum absolute atomic E-state index is 0.162. The Bertz CT molecular complexity index is 344. The van der Waals surface area contributed by atoms with Gasteiger partial charge in [0.15, 0.2) is 0 Å². The van der Waals surface area contributed by atoms with Crippen LogP contribution in [0.25, 0.3) is 0 Å². The second-order valence-electron chi connectivity index (χ2n) is 5.08. The molecule has 1 unspecified atom stereocenters. The molecule has 1 fully saturated rings. The van der Waals surface area contributed by atoms with Gasteiger partial charge in [-0.25, -0.2) is 4.39 Å². The van der Waals surface area contributed by atoms with Crippen molar-refractivity contribution < 1.29 is 4.39 Å². The summed E-state index contributed by atoms with van der Waals surface area (Å²) in [6, 6.07) is 7.17. The number of halogens is 1. The van der Waals surface area contributed by atoms with Crippen LogP contribution < -0.4 is 5.32 Å². The molecule has 0 bridgehead atoms. The standard InChI is InChI=1S/C15H23FN2/c1-17-15(13-5-7-14(16)8-6-13)9-12-18-10-3-2-4-11-18/h5-8,15,17H,2-4,9-12H2,1H3. The monoisotopic (exact) mass is 250 g/mol. The van der Waals surface area contributed by atoms with Crippen LogP contribution in [0.1, 0.15) is 37.3 Å². The Hall–Kier alpha value is -0.930. The van der Waals surface area contributed by atoms with Gasteiger partial charge < -0.3 is 10.2 Å². The minimum Gasteiger partial charge on any atom is -0.313 e. The van der Waals surface area contributed by atoms with E-state index in [1.54, 1.807) is 12.1 Å². The Balaban J connectivity index is 1.86. The fourth-order valence-corrected chi connectivity index (χ4v) is 2.67. The van der Waals surface area contributed by atoms with Crippen molar-refractivity contribution in [1.82, 2.24) is 10.2 Å². The normalized spacial score (nSPS) is 18.8. The number of nitrogens with one attached hydrogen (secondary N) is 1. The van der Waals surface area contributed by atoms with E-state index in [0.29, 0.717) is 6.04 Å². The van der Waals surface area contributed by atoms with Gasteiger partial charge in [0, 0.05) is 6.04 Å². The van der Waals surface area contributed by atoms with Crippen LogP contribution in [0.2, 0.25) is 0 Å². The maximum Gasteiger partial charge on any atom is 0.123 e. The van der Waals surface area contributed by atoms with Crippen molar-refractivity contribution in [1.29, 1.82) is 0 Å². The van der Waals surface area contributed by atoms with Crippen LogP contribution in [0.15, 0.2) is 24.3 Å². The van der Waals surface area contributed by atoms with E-state index in [2.05, 4.69) is 10.2 Å². The molecule has 0 aliphatic carbocycles. The van der Waals surface area contributed by atoms with E-state index in [4.69, 9.17) is 0 Å². The van der Waals surface area contributed by atoms with Gasteiger partial charge >= 0.3 is 0 Å². The van der Waals surface area contributed by atoms with Gasteiger partial charge in [-0.3, -0.25) is 0 Å². The van der Waals surface area contributed by atoms with E-state index in [1.165, 1.54) is 37.9 Å². The van der Waals surface area contributed by atoms with E-state index < -0.39 is 0 Å². The van der Waals surface area contributed by atoms with Crippen LogP contribution in [-0.4, -0.2) is 31.6 Å². The van der Waals surface area contributed by atoms with Gasteiger partial charge in [0.25, 0.3) is 0 Å². The maximum absolute atomic E-state index is 12.9. The molecule has 1 heterocycles. The van der Waals surface area contributed by atoms with Gasteiger partial charge in [-0.15, -0.1) is 0 Å². The van der Waals surface area contributed by atoms with Crippen LogP contribution in [0.4, 0.5) is 4.39 Å². The zero-order chi connectivity index (χ0) is 12.8. The average molecular weight is 250 g/mol. The molecule has 1 aromatic carbocycles. The maximum atomic E-state index is 12.9. The van der Waals surface area contributed by atoms with Crippen LogP contribution in [0.5, 0.6) is 0 Å². The van der Waals surface area contributed by atoms with E-state index in [-0.39, 0.29) is 5.82 Å². The first kappa shape index (κ1) is 13.5. The van der Waals surface area contributed by atoms with Crippen molar-refractivity contribution in [2.75, 3.05) is 26.7 Å². The van der Waals surface area contributed by atoms with E-state index >= 15 is 0 Å². The van der Waals surface area contributed by atoms with Gasteiger partial charge in [-0.05, 0) is 63.6 Å². The molecule has 0 saturated carbocycles. The number of rotatable bonds is 5. The summed E-state index contributed by atoms with van der Waals surface area (Å²) >= 11 is 0. The fraction of sp³-hybridized carbons (Fsp3) is 0.600. The van der Waals surface area contributed by atoms with Gasteiger partial charge in [-0.1, -0.05) is 18.6 Å². The number of piperidine rings is 1. The summed E-state index contributed by atoms with van der Waals surface area (Å²) in [4.78, 5) is 2.54. The lowest BCUT2D eigenvalue weighted by Crippen LogP contribution is -2.32. The highest BCUT2D eigenvalue weighted by Crippen LogP contribution is 2.18. The van der Waals surface area contributed by atoms with Crippen molar-refractivity contribution in [2.45, 2.75) is 31.7 Å². The zero-order valence-electron chi connectivity index (χ0n) is 11.2. The minimum atomic E-state index is -0.162. The second kappa shape index (κ2) is 6.86. The van der Waals surface area contributed by atoms with Crippen molar-refractivity contribution in [3.8, 4) is 0 Å². The number of nitrogens with zero attached hydrogens (tertiary/aromatic N) is 1. The summed E-state index contributed by atoms with van der Waals surface area (Å²) < 4.78 is 12.9. The molecule has 3 heteroatoms. The summed E-state index contributed by atoms with van der Waals surface area (Å²) in [5.74, 6) is -0.162. The third-order valence-electron chi connectivity index (χ3n) is 3.80. The first-order valence-corrected chi connectivity index (χ1v) is 6.94. The molecule has 1 aliphatic rings. The second-order valence-corrected chi connectivity index (χ2v) is 5.08. The number of hydrogen-bond acceptors (Lipinski definition) is 2. The Morgan fingerprint density at radius 2 is 1.83 bits per heavy atom. The van der Waals surface area contributed by atoms with E-state index in [0.717, 1.165) is 13.0 Å². The quantitative estimate of drug-likeness (QED) is 0.864. The highest BCUT2D eigenvalue weighted by atomic mass is 19.1. The van der Waals surface area contributed by atoms with Crippen molar-refractivity contribution in [2.24, 2.45) is 0 Å². The predicted octanol–water partition coefficient (Wildman–Crippen LogP) is 2.96. The molecule has 100 valence electrons. The van der Waals surface area contributed by atoms with Crippen LogP contribution in [0.3, 0.4) is 0 Å². The highest BCUT2D eigenvalue weighted by molar-refractivity contribution is 5.19.